The fraction of sp³-hybridized carbons (Fsp3) is 0.442. The molecule has 1 aromatic heterocycles. The Kier molecular flexibility index (Phi) is 18.2. The molecule has 0 spiro atoms. The van der Waals surface area contributed by atoms with Crippen molar-refractivity contribution in [1.82, 2.24) is 30.4 Å². The number of Topliss-reactive ketones (excluding diaryl/α,β-unsaturated/α-hetero) is 1. The zero-order chi connectivity index (χ0) is 52.2. The molecule has 6 amide bonds. The van der Waals surface area contributed by atoms with E-state index in [1.807, 2.05) is 76.8 Å². The molecular weight excluding hydrogens is 943 g/mol. The molecule has 4 aromatic rings. The minimum absolute atomic E-state index is 0.0264. The van der Waals surface area contributed by atoms with Crippen molar-refractivity contribution in [2.24, 2.45) is 5.41 Å². The molecule has 3 aliphatic heterocycles. The normalized spacial score (nSPS) is 15.8. The summed E-state index contributed by atoms with van der Waals surface area (Å²) in [6, 6.07) is 18.2. The van der Waals surface area contributed by atoms with Gasteiger partial charge in [-0.25, -0.2) is 13.4 Å². The summed E-state index contributed by atoms with van der Waals surface area (Å²) in [5.74, 6) is -1.37. The van der Waals surface area contributed by atoms with Gasteiger partial charge in [0.15, 0.2) is 16.4 Å². The molecular formula is C52H65N9O10S. The van der Waals surface area contributed by atoms with E-state index in [4.69, 9.17) is 4.74 Å². The molecule has 0 radical (unpaired) electrons. The topological polar surface area (TPSA) is 246 Å². The number of benzene rings is 3. The molecule has 3 aliphatic rings. The zero-order valence-electron chi connectivity index (χ0n) is 41.8. The minimum Gasteiger partial charge on any atom is -0.483 e. The average Bonchev–Trinajstić information content (AvgIpc) is 3.59. The van der Waals surface area contributed by atoms with Crippen LogP contribution >= 0.6 is 0 Å². The van der Waals surface area contributed by atoms with Crippen LogP contribution in [0.15, 0.2) is 77.8 Å². The highest BCUT2D eigenvalue weighted by atomic mass is 32.2. The zero-order valence-corrected chi connectivity index (χ0v) is 42.7. The Balaban J connectivity index is 0.000000260. The quantitative estimate of drug-likeness (QED) is 0.0597. The number of carbonyl (C=O) groups is 7. The van der Waals surface area contributed by atoms with Gasteiger partial charge in [-0.3, -0.25) is 43.8 Å². The number of imide groups is 2. The Morgan fingerprint density at radius 3 is 2.25 bits per heavy atom. The number of rotatable bonds is 19. The second-order valence-corrected chi connectivity index (χ2v) is 21.1. The summed E-state index contributed by atoms with van der Waals surface area (Å²) in [5.41, 5.74) is 3.12. The molecule has 0 aliphatic carbocycles. The van der Waals surface area contributed by atoms with Crippen LogP contribution < -0.4 is 30.9 Å². The van der Waals surface area contributed by atoms with Gasteiger partial charge in [0.1, 0.15) is 23.4 Å². The fourth-order valence-electron chi connectivity index (χ4n) is 8.30. The first-order chi connectivity index (χ1) is 34.3. The first-order valence-electron chi connectivity index (χ1n) is 24.4. The van der Waals surface area contributed by atoms with Crippen LogP contribution in [0, 0.1) is 12.3 Å². The van der Waals surface area contributed by atoms with Crippen LogP contribution in [0.5, 0.6) is 5.75 Å². The average molecular weight is 1010 g/mol. The number of hydrogen-bond donors (Lipinski definition) is 4. The molecule has 1 atom stereocenters. The first-order valence-corrected chi connectivity index (χ1v) is 26.0. The maximum Gasteiger partial charge on any atom is 0.266 e. The molecule has 20 heteroatoms. The molecule has 2 saturated heterocycles. The SMILES string of the molecule is CCCC(=O)CCC(=O)N1CCN(c2ccc(Nc3ncc(C)c(Nc4cccc(S(=O)(=O)CC(C)(C)C)c4)n3)cc2)CC1.CCCCNC(=O)COc1cccc2c1C(=O)N(C1CCC(=O)NC1=O)C2=O. The smallest absolute Gasteiger partial charge is 0.266 e. The van der Waals surface area contributed by atoms with Gasteiger partial charge in [0.2, 0.25) is 23.7 Å². The largest absolute Gasteiger partial charge is 0.483 e. The van der Waals surface area contributed by atoms with E-state index in [-0.39, 0.29) is 70.0 Å². The standard InChI is InChI=1S/C33H44N6O4S.C19H21N3O6/c1-6-8-28(40)15-16-30(41)39-19-17-38(18-20-39)27-13-11-25(12-14-27)36-32-34-22-24(2)31(37-32)35-26-9-7-10-29(21-26)44(42,43)23-33(3,4)5;1-2-3-9-20-15(24)10-28-13-6-4-5-11-16(13)19(27)22(18(11)26)12-7-8-14(23)21-17(12)25/h7,9-14,21-22H,6,8,15-20,23H2,1-5H3,(H2,34,35,36,37);4-6,12H,2-3,7-10H2,1H3,(H,20,24)(H,21,23,25). The van der Waals surface area contributed by atoms with Gasteiger partial charge < -0.3 is 30.5 Å². The molecule has 384 valence electrons. The van der Waals surface area contributed by atoms with Crippen LogP contribution in [0.3, 0.4) is 0 Å². The highest BCUT2D eigenvalue weighted by molar-refractivity contribution is 7.91. The van der Waals surface area contributed by atoms with Gasteiger partial charge in [-0.2, -0.15) is 4.98 Å². The van der Waals surface area contributed by atoms with Crippen molar-refractivity contribution < 1.29 is 46.7 Å². The van der Waals surface area contributed by atoms with E-state index < -0.39 is 39.5 Å². The number of nitrogens with one attached hydrogen (secondary N) is 4. The number of nitrogens with zero attached hydrogens (tertiary/aromatic N) is 5. The molecule has 0 saturated carbocycles. The van der Waals surface area contributed by atoms with Gasteiger partial charge in [-0.1, -0.05) is 53.2 Å². The van der Waals surface area contributed by atoms with E-state index in [1.165, 1.54) is 12.1 Å². The monoisotopic (exact) mass is 1010 g/mol. The van der Waals surface area contributed by atoms with Crippen molar-refractivity contribution in [1.29, 1.82) is 0 Å². The lowest BCUT2D eigenvalue weighted by molar-refractivity contribution is -0.136. The lowest BCUT2D eigenvalue weighted by Crippen LogP contribution is -2.54. The van der Waals surface area contributed by atoms with Gasteiger partial charge in [-0.15, -0.1) is 0 Å². The van der Waals surface area contributed by atoms with Crippen molar-refractivity contribution in [3.8, 4) is 5.75 Å². The summed E-state index contributed by atoms with van der Waals surface area (Å²) in [4.78, 5) is 99.4. The Morgan fingerprint density at radius 1 is 0.847 bits per heavy atom. The molecule has 4 heterocycles. The van der Waals surface area contributed by atoms with Gasteiger partial charge in [-0.05, 0) is 86.2 Å². The second-order valence-electron chi connectivity index (χ2n) is 19.1. The number of sulfone groups is 1. The van der Waals surface area contributed by atoms with Crippen LogP contribution in [0.1, 0.15) is 112 Å². The molecule has 72 heavy (non-hydrogen) atoms. The van der Waals surface area contributed by atoms with Crippen LogP contribution in [0.4, 0.5) is 28.8 Å². The van der Waals surface area contributed by atoms with Crippen molar-refractivity contribution in [3.05, 3.63) is 89.6 Å². The van der Waals surface area contributed by atoms with Crippen molar-refractivity contribution in [3.63, 3.8) is 0 Å². The number of amides is 6. The second kappa shape index (κ2) is 24.3. The Hall–Kier alpha value is -7.22. The van der Waals surface area contributed by atoms with Gasteiger partial charge >= 0.3 is 0 Å². The third-order valence-electron chi connectivity index (χ3n) is 12.0. The van der Waals surface area contributed by atoms with Gasteiger partial charge in [0, 0.05) is 87.2 Å². The highest BCUT2D eigenvalue weighted by Crippen LogP contribution is 2.34. The number of aromatic nitrogens is 2. The number of anilines is 5. The predicted octanol–water partition coefficient (Wildman–Crippen LogP) is 6.27. The van der Waals surface area contributed by atoms with Crippen LogP contribution in [-0.2, 0) is 33.8 Å². The summed E-state index contributed by atoms with van der Waals surface area (Å²) < 4.78 is 31.3. The summed E-state index contributed by atoms with van der Waals surface area (Å²) >= 11 is 0. The molecule has 1 unspecified atom stereocenters. The van der Waals surface area contributed by atoms with Crippen molar-refractivity contribution in [2.45, 2.75) is 104 Å². The fourth-order valence-corrected chi connectivity index (χ4v) is 10.2. The van der Waals surface area contributed by atoms with E-state index in [9.17, 15) is 42.0 Å². The lowest BCUT2D eigenvalue weighted by atomic mass is 10.0. The number of hydrogen-bond acceptors (Lipinski definition) is 15. The summed E-state index contributed by atoms with van der Waals surface area (Å²) in [6.45, 7) is 14.6. The van der Waals surface area contributed by atoms with Crippen molar-refractivity contribution in [2.75, 3.05) is 60.6 Å². The van der Waals surface area contributed by atoms with E-state index in [1.54, 1.807) is 30.5 Å². The molecule has 0 bridgehead atoms. The Labute approximate surface area is 420 Å². The summed E-state index contributed by atoms with van der Waals surface area (Å²) in [5, 5.41) is 11.3. The Morgan fingerprint density at radius 2 is 1.57 bits per heavy atom. The van der Waals surface area contributed by atoms with E-state index in [0.29, 0.717) is 56.4 Å². The number of carbonyl (C=O) groups excluding carboxylic acids is 7. The predicted molar refractivity (Wildman–Crippen MR) is 272 cm³/mol. The molecule has 7 rings (SSSR count). The summed E-state index contributed by atoms with van der Waals surface area (Å²) in [7, 11) is -3.43. The molecule has 2 fully saturated rings. The number of aryl methyl sites for hydroxylation is 1. The third-order valence-corrected chi connectivity index (χ3v) is 14.2. The number of piperazine rings is 1. The number of piperidine rings is 1. The summed E-state index contributed by atoms with van der Waals surface area (Å²) in [6.07, 6.45) is 5.62. The minimum atomic E-state index is -3.43. The lowest BCUT2D eigenvalue weighted by Gasteiger charge is -2.36. The molecule has 19 nitrogen and oxygen atoms in total. The van der Waals surface area contributed by atoms with Crippen LogP contribution in [0.2, 0.25) is 0 Å². The maximum absolute atomic E-state index is 12.9. The third kappa shape index (κ3) is 14.4. The van der Waals surface area contributed by atoms with E-state index in [2.05, 4.69) is 36.1 Å². The van der Waals surface area contributed by atoms with Gasteiger partial charge in [0.05, 0.1) is 21.8 Å². The first kappa shape index (κ1) is 54.1. The number of ether oxygens (including phenoxy) is 1. The Bertz CT molecular complexity index is 2770. The molecule has 3 aromatic carbocycles. The highest BCUT2D eigenvalue weighted by Gasteiger charge is 2.46. The maximum atomic E-state index is 12.9. The van der Waals surface area contributed by atoms with Crippen LogP contribution in [-0.4, -0.2) is 121 Å². The van der Waals surface area contributed by atoms with E-state index in [0.717, 1.165) is 54.2 Å². The number of ketones is 1. The van der Waals surface area contributed by atoms with Crippen LogP contribution in [0.25, 0.3) is 0 Å². The number of unbranched alkanes of at least 4 members (excludes halogenated alkanes) is 1. The van der Waals surface area contributed by atoms with E-state index >= 15 is 0 Å². The number of fused-ring (bicyclic) bond motifs is 1. The van der Waals surface area contributed by atoms with Gasteiger partial charge in [0.25, 0.3) is 17.7 Å². The molecule has 4 N–H and O–H groups in total. The van der Waals surface area contributed by atoms with Crippen molar-refractivity contribution >= 4 is 79.9 Å².